The van der Waals surface area contributed by atoms with Crippen molar-refractivity contribution in [1.29, 1.82) is 5.41 Å². The van der Waals surface area contributed by atoms with Gasteiger partial charge in [0.15, 0.2) is 11.9 Å². The zero-order valence-electron chi connectivity index (χ0n) is 9.27. The van der Waals surface area contributed by atoms with E-state index in [0.29, 0.717) is 22.8 Å². The lowest BCUT2D eigenvalue weighted by atomic mass is 10.2. The largest absolute Gasteiger partial charge is 0.618 e. The van der Waals surface area contributed by atoms with Crippen molar-refractivity contribution in [3.8, 4) is 5.75 Å². The normalized spacial score (nSPS) is 10.1. The molecule has 0 radical (unpaired) electrons. The average Bonchev–Trinajstić information content (AvgIpc) is 2.29. The van der Waals surface area contributed by atoms with Crippen LogP contribution in [0.2, 0.25) is 0 Å². The standard InChI is InChI=1S/C11H16N2O3/c1-2-6-16-11-4-3-5-13(15)10(11)7-9(12)8-14/h3-5,12,14H,2,6-8H2,1H3. The number of aliphatic hydroxyl groups excluding tert-OH is 1. The fourth-order valence-electron chi connectivity index (χ4n) is 1.27. The Morgan fingerprint density at radius 2 is 2.38 bits per heavy atom. The van der Waals surface area contributed by atoms with Crippen LogP contribution in [0.25, 0.3) is 0 Å². The Balaban J connectivity index is 2.89. The number of rotatable bonds is 6. The van der Waals surface area contributed by atoms with E-state index in [1.54, 1.807) is 12.1 Å². The first kappa shape index (κ1) is 12.4. The number of hydrogen-bond acceptors (Lipinski definition) is 4. The lowest BCUT2D eigenvalue weighted by Gasteiger charge is -2.10. The van der Waals surface area contributed by atoms with Gasteiger partial charge in [-0.15, -0.1) is 0 Å². The molecule has 0 atom stereocenters. The van der Waals surface area contributed by atoms with Gasteiger partial charge in [0, 0.05) is 11.8 Å². The molecule has 88 valence electrons. The third-order valence-electron chi connectivity index (χ3n) is 2.05. The third-order valence-corrected chi connectivity index (χ3v) is 2.05. The molecule has 1 heterocycles. The quantitative estimate of drug-likeness (QED) is 0.423. The molecule has 0 aliphatic rings. The maximum atomic E-state index is 11.5. The first-order valence-electron chi connectivity index (χ1n) is 5.20. The molecule has 1 rings (SSSR count). The van der Waals surface area contributed by atoms with Crippen molar-refractivity contribution in [3.05, 3.63) is 29.2 Å². The highest BCUT2D eigenvalue weighted by Crippen LogP contribution is 2.15. The van der Waals surface area contributed by atoms with Gasteiger partial charge in [-0.25, -0.2) is 0 Å². The average molecular weight is 224 g/mol. The molecule has 0 unspecified atom stereocenters. The fraction of sp³-hybridized carbons (Fsp3) is 0.455. The van der Waals surface area contributed by atoms with Gasteiger partial charge in [-0.1, -0.05) is 6.92 Å². The van der Waals surface area contributed by atoms with Gasteiger partial charge in [0.05, 0.1) is 19.6 Å². The monoisotopic (exact) mass is 224 g/mol. The number of nitrogens with one attached hydrogen (secondary N) is 1. The van der Waals surface area contributed by atoms with E-state index < -0.39 is 0 Å². The van der Waals surface area contributed by atoms with Crippen LogP contribution in [0.5, 0.6) is 5.75 Å². The van der Waals surface area contributed by atoms with Crippen LogP contribution in [0.3, 0.4) is 0 Å². The van der Waals surface area contributed by atoms with Crippen LogP contribution in [0.4, 0.5) is 0 Å². The summed E-state index contributed by atoms with van der Waals surface area (Å²) in [5.74, 6) is 0.484. The van der Waals surface area contributed by atoms with Crippen LogP contribution in [0.15, 0.2) is 18.3 Å². The number of aromatic nitrogens is 1. The molecule has 0 amide bonds. The second-order valence-corrected chi connectivity index (χ2v) is 3.43. The van der Waals surface area contributed by atoms with E-state index in [-0.39, 0.29) is 18.7 Å². The highest BCUT2D eigenvalue weighted by Gasteiger charge is 2.15. The van der Waals surface area contributed by atoms with E-state index in [9.17, 15) is 5.21 Å². The number of aliphatic hydroxyl groups is 1. The predicted octanol–water partition coefficient (Wildman–Crippen LogP) is 0.663. The van der Waals surface area contributed by atoms with Gasteiger partial charge in [0.2, 0.25) is 5.69 Å². The van der Waals surface area contributed by atoms with Gasteiger partial charge in [0.25, 0.3) is 0 Å². The highest BCUT2D eigenvalue weighted by atomic mass is 16.5. The number of pyridine rings is 1. The van der Waals surface area contributed by atoms with E-state index >= 15 is 0 Å². The second-order valence-electron chi connectivity index (χ2n) is 3.43. The molecular weight excluding hydrogens is 208 g/mol. The first-order valence-corrected chi connectivity index (χ1v) is 5.20. The smallest absolute Gasteiger partial charge is 0.240 e. The summed E-state index contributed by atoms with van der Waals surface area (Å²) < 4.78 is 6.09. The Morgan fingerprint density at radius 1 is 1.62 bits per heavy atom. The summed E-state index contributed by atoms with van der Waals surface area (Å²) in [6, 6.07) is 3.30. The summed E-state index contributed by atoms with van der Waals surface area (Å²) in [6.07, 6.45) is 2.32. The van der Waals surface area contributed by atoms with Gasteiger partial charge < -0.3 is 20.5 Å². The van der Waals surface area contributed by atoms with Crippen molar-refractivity contribution < 1.29 is 14.6 Å². The van der Waals surface area contributed by atoms with Crippen molar-refractivity contribution in [2.24, 2.45) is 0 Å². The summed E-state index contributed by atoms with van der Waals surface area (Å²) >= 11 is 0. The van der Waals surface area contributed by atoms with E-state index in [1.165, 1.54) is 6.20 Å². The molecule has 0 saturated carbocycles. The molecule has 16 heavy (non-hydrogen) atoms. The van der Waals surface area contributed by atoms with E-state index in [2.05, 4.69) is 0 Å². The summed E-state index contributed by atoms with van der Waals surface area (Å²) in [5.41, 5.74) is 0.465. The minimum absolute atomic E-state index is 0.0946. The minimum Gasteiger partial charge on any atom is -0.618 e. The van der Waals surface area contributed by atoms with Crippen LogP contribution < -0.4 is 9.47 Å². The van der Waals surface area contributed by atoms with Gasteiger partial charge in [-0.2, -0.15) is 4.73 Å². The number of hydrogen-bond donors (Lipinski definition) is 2. The second kappa shape index (κ2) is 6.07. The predicted molar refractivity (Wildman–Crippen MR) is 59.7 cm³/mol. The summed E-state index contributed by atoms with van der Waals surface area (Å²) in [6.45, 7) is 2.16. The molecule has 0 saturated heterocycles. The SMILES string of the molecule is CCCOc1ccc[n+]([O-])c1CC(=N)CO. The lowest BCUT2D eigenvalue weighted by molar-refractivity contribution is -0.613. The molecule has 0 spiro atoms. The van der Waals surface area contributed by atoms with Crippen LogP contribution in [0, 0.1) is 10.6 Å². The first-order chi connectivity index (χ1) is 7.69. The van der Waals surface area contributed by atoms with Gasteiger partial charge in [-0.05, 0) is 12.5 Å². The van der Waals surface area contributed by atoms with Gasteiger partial charge >= 0.3 is 0 Å². The van der Waals surface area contributed by atoms with E-state index in [1.807, 2.05) is 6.92 Å². The molecule has 0 bridgehead atoms. The van der Waals surface area contributed by atoms with Crippen molar-refractivity contribution in [2.45, 2.75) is 19.8 Å². The Bertz CT molecular complexity index is 366. The zero-order chi connectivity index (χ0) is 12.0. The van der Waals surface area contributed by atoms with Crippen molar-refractivity contribution in [1.82, 2.24) is 0 Å². The molecule has 0 fully saturated rings. The van der Waals surface area contributed by atoms with Crippen molar-refractivity contribution >= 4 is 5.71 Å². The van der Waals surface area contributed by atoms with Crippen molar-refractivity contribution in [2.75, 3.05) is 13.2 Å². The summed E-state index contributed by atoms with van der Waals surface area (Å²) in [4.78, 5) is 0. The molecule has 0 aromatic carbocycles. The highest BCUT2D eigenvalue weighted by molar-refractivity contribution is 5.84. The molecule has 5 heteroatoms. The van der Waals surface area contributed by atoms with Crippen molar-refractivity contribution in [3.63, 3.8) is 0 Å². The summed E-state index contributed by atoms with van der Waals surface area (Å²) in [7, 11) is 0. The van der Waals surface area contributed by atoms with E-state index in [0.717, 1.165) is 6.42 Å². The molecule has 0 aliphatic carbocycles. The van der Waals surface area contributed by atoms with Gasteiger partial charge in [-0.3, -0.25) is 0 Å². The molecule has 0 aliphatic heterocycles. The maximum absolute atomic E-state index is 11.5. The molecule has 5 nitrogen and oxygen atoms in total. The Hall–Kier alpha value is -1.62. The fourth-order valence-corrected chi connectivity index (χ4v) is 1.27. The maximum Gasteiger partial charge on any atom is 0.240 e. The zero-order valence-corrected chi connectivity index (χ0v) is 9.27. The van der Waals surface area contributed by atoms with Gasteiger partial charge in [0.1, 0.15) is 0 Å². The van der Waals surface area contributed by atoms with Crippen LogP contribution in [0.1, 0.15) is 19.0 Å². The molecular formula is C11H16N2O3. The van der Waals surface area contributed by atoms with Crippen LogP contribution in [-0.2, 0) is 6.42 Å². The Morgan fingerprint density at radius 3 is 3.00 bits per heavy atom. The van der Waals surface area contributed by atoms with Crippen LogP contribution >= 0.6 is 0 Å². The Kier molecular flexibility index (Phi) is 4.72. The lowest BCUT2D eigenvalue weighted by Crippen LogP contribution is -2.33. The third kappa shape index (κ3) is 3.20. The minimum atomic E-state index is -0.345. The summed E-state index contributed by atoms with van der Waals surface area (Å²) in [5, 5.41) is 27.7. The Labute approximate surface area is 94.4 Å². The molecule has 1 aromatic heterocycles. The number of ether oxygens (including phenoxy) is 1. The molecule has 2 N–H and O–H groups in total. The van der Waals surface area contributed by atoms with E-state index in [4.69, 9.17) is 15.3 Å². The molecule has 1 aromatic rings. The van der Waals surface area contributed by atoms with Crippen LogP contribution in [-0.4, -0.2) is 24.0 Å². The number of nitrogens with zero attached hydrogens (tertiary/aromatic N) is 1. The topological polar surface area (TPSA) is 80.2 Å².